The molecular weight excluding hydrogens is 419 g/mol. The van der Waals surface area contributed by atoms with E-state index in [1.807, 2.05) is 0 Å². The average Bonchev–Trinajstić information content (AvgIpc) is 2.94. The van der Waals surface area contributed by atoms with Gasteiger partial charge in [0.2, 0.25) is 5.91 Å². The molecule has 0 aromatic heterocycles. The van der Waals surface area contributed by atoms with Gasteiger partial charge in [-0.1, -0.05) is 30.2 Å². The fourth-order valence-corrected chi connectivity index (χ4v) is 4.45. The van der Waals surface area contributed by atoms with Crippen molar-refractivity contribution in [3.05, 3.63) is 58.9 Å². The molecule has 2 aromatic rings. The van der Waals surface area contributed by atoms with Gasteiger partial charge in [0, 0.05) is 48.4 Å². The van der Waals surface area contributed by atoms with Gasteiger partial charge in [0.1, 0.15) is 12.4 Å². The molecule has 7 heteroatoms. The van der Waals surface area contributed by atoms with E-state index >= 15 is 4.39 Å². The molecule has 0 spiro atoms. The fraction of sp³-hybridized carbons (Fsp3) is 0.292. The Kier molecular flexibility index (Phi) is 5.90. The smallest absolute Gasteiger partial charge is 0.246 e. The van der Waals surface area contributed by atoms with E-state index in [-0.39, 0.29) is 46.2 Å². The minimum absolute atomic E-state index is 0.0673. The summed E-state index contributed by atoms with van der Waals surface area (Å²) in [4.78, 5) is 15.9. The molecule has 1 saturated heterocycles. The third-order valence-corrected chi connectivity index (χ3v) is 6.00. The number of fused-ring (bicyclic) bond motifs is 2. The van der Waals surface area contributed by atoms with Crippen LogP contribution >= 0.6 is 11.6 Å². The zero-order valence-electron chi connectivity index (χ0n) is 17.1. The number of amides is 1. The van der Waals surface area contributed by atoms with Crippen LogP contribution in [0.4, 0.5) is 4.39 Å². The maximum atomic E-state index is 15.8. The highest BCUT2D eigenvalue weighted by atomic mass is 35.5. The average molecular weight is 441 g/mol. The van der Waals surface area contributed by atoms with Gasteiger partial charge in [0.05, 0.1) is 11.1 Å². The Morgan fingerprint density at radius 3 is 2.90 bits per heavy atom. The topological polar surface area (TPSA) is 53.0 Å². The Morgan fingerprint density at radius 1 is 1.39 bits per heavy atom. The van der Waals surface area contributed by atoms with Gasteiger partial charge in [0.25, 0.3) is 0 Å². The van der Waals surface area contributed by atoms with E-state index < -0.39 is 5.82 Å². The van der Waals surface area contributed by atoms with Crippen LogP contribution in [-0.2, 0) is 11.3 Å². The molecule has 4 rings (SSSR count). The van der Waals surface area contributed by atoms with Gasteiger partial charge < -0.3 is 14.7 Å². The summed E-state index contributed by atoms with van der Waals surface area (Å²) in [5, 5.41) is 10.6. The van der Waals surface area contributed by atoms with Crippen molar-refractivity contribution in [3.8, 4) is 34.5 Å². The molecule has 2 aliphatic rings. The number of phenols is 1. The highest BCUT2D eigenvalue weighted by Gasteiger charge is 2.34. The number of nitrogens with zero attached hydrogens (tertiary/aromatic N) is 2. The number of hydrogen-bond donors (Lipinski definition) is 1. The predicted molar refractivity (Wildman–Crippen MR) is 118 cm³/mol. The van der Waals surface area contributed by atoms with Crippen LogP contribution in [0, 0.1) is 17.7 Å². The van der Waals surface area contributed by atoms with Crippen molar-refractivity contribution in [2.75, 3.05) is 26.2 Å². The van der Waals surface area contributed by atoms with Crippen molar-refractivity contribution in [1.29, 1.82) is 0 Å². The van der Waals surface area contributed by atoms with Crippen LogP contribution in [0.15, 0.2) is 36.9 Å². The summed E-state index contributed by atoms with van der Waals surface area (Å²) in [6, 6.07) is 6.39. The summed E-state index contributed by atoms with van der Waals surface area (Å²) >= 11 is 6.31. The van der Waals surface area contributed by atoms with Crippen LogP contribution in [-0.4, -0.2) is 53.1 Å². The van der Waals surface area contributed by atoms with Crippen LogP contribution in [0.3, 0.4) is 0 Å². The van der Waals surface area contributed by atoms with Gasteiger partial charge in [-0.2, -0.15) is 0 Å². The number of rotatable bonds is 2. The molecule has 5 nitrogen and oxygen atoms in total. The number of hydrogen-bond acceptors (Lipinski definition) is 4. The zero-order chi connectivity index (χ0) is 22.1. The first-order chi connectivity index (χ1) is 14.9. The minimum atomic E-state index is -0.600. The third-order valence-electron chi connectivity index (χ3n) is 5.68. The van der Waals surface area contributed by atoms with E-state index in [0.717, 1.165) is 0 Å². The quantitative estimate of drug-likeness (QED) is 0.570. The normalized spacial score (nSPS) is 18.0. The van der Waals surface area contributed by atoms with E-state index in [1.54, 1.807) is 30.0 Å². The molecule has 0 bridgehead atoms. The number of carbonyl (C=O) groups is 1. The monoisotopic (exact) mass is 440 g/mol. The number of phenolic OH excluding ortho intramolecular Hbond substituents is 1. The first kappa shape index (κ1) is 21.2. The standard InChI is InChI=1S/C24H22ClFN2O3/c1-3-6-15-11-16-12-27-9-10-28(20(30)4-2)13-17(27)14-31-24(16)23(26)21(15)22-18(25)7-5-8-19(22)29/h4-5,7-8,11,17,29H,2,9-10,12-14H2,1H3/t17-/m1/s1. The van der Waals surface area contributed by atoms with Crippen molar-refractivity contribution in [1.82, 2.24) is 9.80 Å². The van der Waals surface area contributed by atoms with Gasteiger partial charge in [-0.05, 0) is 31.2 Å². The second-order valence-electron chi connectivity index (χ2n) is 7.53. The second-order valence-corrected chi connectivity index (χ2v) is 7.94. The molecule has 2 aromatic carbocycles. The molecule has 0 unspecified atom stereocenters. The lowest BCUT2D eigenvalue weighted by Gasteiger charge is -2.39. The molecular formula is C24H22ClFN2O3. The fourth-order valence-electron chi connectivity index (χ4n) is 4.18. The zero-order valence-corrected chi connectivity index (χ0v) is 17.9. The number of piperazine rings is 1. The largest absolute Gasteiger partial charge is 0.507 e. The molecule has 2 heterocycles. The Bertz CT molecular complexity index is 1100. The van der Waals surface area contributed by atoms with Crippen molar-refractivity contribution >= 4 is 17.5 Å². The lowest BCUT2D eigenvalue weighted by atomic mass is 9.95. The summed E-state index contributed by atoms with van der Waals surface area (Å²) in [5.74, 6) is 5.04. The van der Waals surface area contributed by atoms with Crippen LogP contribution in [0.2, 0.25) is 5.02 Å². The molecule has 1 atom stereocenters. The van der Waals surface area contributed by atoms with Crippen molar-refractivity contribution < 1.29 is 19.0 Å². The van der Waals surface area contributed by atoms with Gasteiger partial charge in [-0.15, -0.1) is 5.92 Å². The summed E-state index contributed by atoms with van der Waals surface area (Å²) in [7, 11) is 0. The Labute approximate surface area is 185 Å². The first-order valence-corrected chi connectivity index (χ1v) is 10.4. The van der Waals surface area contributed by atoms with Gasteiger partial charge >= 0.3 is 0 Å². The van der Waals surface area contributed by atoms with Crippen LogP contribution in [0.1, 0.15) is 18.1 Å². The number of benzene rings is 2. The maximum absolute atomic E-state index is 15.8. The Hall–Kier alpha value is -3.01. The summed E-state index contributed by atoms with van der Waals surface area (Å²) in [5.41, 5.74) is 1.43. The van der Waals surface area contributed by atoms with Crippen LogP contribution in [0.5, 0.6) is 11.5 Å². The second kappa shape index (κ2) is 8.62. The summed E-state index contributed by atoms with van der Waals surface area (Å²) in [6.45, 7) is 7.64. The predicted octanol–water partition coefficient (Wildman–Crippen LogP) is 3.81. The van der Waals surface area contributed by atoms with E-state index in [2.05, 4.69) is 23.3 Å². The highest BCUT2D eigenvalue weighted by molar-refractivity contribution is 6.33. The van der Waals surface area contributed by atoms with E-state index in [9.17, 15) is 9.90 Å². The van der Waals surface area contributed by atoms with Gasteiger partial charge in [-0.3, -0.25) is 9.69 Å². The molecule has 1 N–H and O–H groups in total. The lowest BCUT2D eigenvalue weighted by Crippen LogP contribution is -2.55. The molecule has 0 radical (unpaired) electrons. The molecule has 31 heavy (non-hydrogen) atoms. The van der Waals surface area contributed by atoms with Crippen molar-refractivity contribution in [3.63, 3.8) is 0 Å². The molecule has 160 valence electrons. The molecule has 1 fully saturated rings. The summed E-state index contributed by atoms with van der Waals surface area (Å²) < 4.78 is 21.8. The van der Waals surface area contributed by atoms with Crippen LogP contribution in [0.25, 0.3) is 11.1 Å². The number of halogens is 2. The molecule has 1 amide bonds. The minimum Gasteiger partial charge on any atom is -0.507 e. The van der Waals surface area contributed by atoms with Crippen molar-refractivity contribution in [2.45, 2.75) is 19.5 Å². The van der Waals surface area contributed by atoms with Gasteiger partial charge in [-0.25, -0.2) is 4.39 Å². The molecule has 0 aliphatic carbocycles. The van der Waals surface area contributed by atoms with Crippen molar-refractivity contribution in [2.24, 2.45) is 0 Å². The Balaban J connectivity index is 1.78. The first-order valence-electron chi connectivity index (χ1n) is 9.98. The van der Waals surface area contributed by atoms with Crippen LogP contribution < -0.4 is 4.74 Å². The highest BCUT2D eigenvalue weighted by Crippen LogP contribution is 2.43. The molecule has 0 saturated carbocycles. The SMILES string of the molecule is C=CC(=O)N1CCN2Cc3cc(C#CC)c(-c4c(O)cccc4Cl)c(F)c3OC[C@H]2C1. The number of carbonyl (C=O) groups excluding carboxylic acids is 1. The molecule has 2 aliphatic heterocycles. The van der Waals surface area contributed by atoms with E-state index in [0.29, 0.717) is 37.3 Å². The number of ether oxygens (including phenoxy) is 1. The van der Waals surface area contributed by atoms with E-state index in [1.165, 1.54) is 12.1 Å². The lowest BCUT2D eigenvalue weighted by molar-refractivity contribution is -0.129. The summed E-state index contributed by atoms with van der Waals surface area (Å²) in [6.07, 6.45) is 1.31. The van der Waals surface area contributed by atoms with Gasteiger partial charge in [0.15, 0.2) is 11.6 Å². The van der Waals surface area contributed by atoms with E-state index in [4.69, 9.17) is 16.3 Å². The third kappa shape index (κ3) is 3.87. The maximum Gasteiger partial charge on any atom is 0.246 e. The number of aromatic hydroxyl groups is 1. The Morgan fingerprint density at radius 2 is 2.19 bits per heavy atom.